The number of H-pyrrole nitrogens is 1. The number of nitrogens with zero attached hydrogens (tertiary/aromatic N) is 2. The second-order valence-electron chi connectivity index (χ2n) is 11.2. The number of nitrogens with one attached hydrogen (secondary N) is 2. The van der Waals surface area contributed by atoms with Gasteiger partial charge in [-0.05, 0) is 76.8 Å². The number of imidazole rings is 1. The number of rotatable bonds is 4. The number of piperidine rings is 1. The predicted octanol–water partition coefficient (Wildman–Crippen LogP) is 4.60. The lowest BCUT2D eigenvalue weighted by molar-refractivity contribution is 0.0185. The van der Waals surface area contributed by atoms with Gasteiger partial charge in [0, 0.05) is 25.0 Å². The Balaban J connectivity index is 1.34. The lowest BCUT2D eigenvalue weighted by Gasteiger charge is -2.34. The number of carbonyl (C=O) groups is 2. The van der Waals surface area contributed by atoms with Gasteiger partial charge in [-0.15, -0.1) is 0 Å². The van der Waals surface area contributed by atoms with Crippen molar-refractivity contribution in [2.45, 2.75) is 76.9 Å². The van der Waals surface area contributed by atoms with Gasteiger partial charge in [-0.2, -0.15) is 0 Å². The van der Waals surface area contributed by atoms with Gasteiger partial charge in [0.05, 0.1) is 12.7 Å². The van der Waals surface area contributed by atoms with Gasteiger partial charge in [-0.25, -0.2) is 9.78 Å². The normalized spacial score (nSPS) is 26.6. The zero-order chi connectivity index (χ0) is 24.0. The molecule has 1 aromatic heterocycles. The Morgan fingerprint density at radius 3 is 2.68 bits per heavy atom. The molecule has 184 valence electrons. The van der Waals surface area contributed by atoms with Crippen molar-refractivity contribution in [2.75, 3.05) is 20.2 Å². The van der Waals surface area contributed by atoms with E-state index in [4.69, 9.17) is 14.5 Å². The molecule has 8 heteroatoms. The monoisotopic (exact) mass is 468 g/mol. The van der Waals surface area contributed by atoms with Crippen molar-refractivity contribution in [3.8, 4) is 5.75 Å². The number of hydrogen-bond donors (Lipinski definition) is 2. The van der Waals surface area contributed by atoms with E-state index < -0.39 is 5.60 Å². The second-order valence-corrected chi connectivity index (χ2v) is 11.2. The minimum Gasteiger partial charge on any atom is -0.494 e. The van der Waals surface area contributed by atoms with E-state index in [-0.39, 0.29) is 18.0 Å². The molecule has 2 N–H and O–H groups in total. The fourth-order valence-electron chi connectivity index (χ4n) is 6.05. The summed E-state index contributed by atoms with van der Waals surface area (Å²) in [6, 6.07) is 3.49. The highest BCUT2D eigenvalue weighted by atomic mass is 16.6. The van der Waals surface area contributed by atoms with Gasteiger partial charge in [-0.1, -0.05) is 6.42 Å². The maximum Gasteiger partial charge on any atom is 0.410 e. The molecule has 4 atom stereocenters. The van der Waals surface area contributed by atoms with Crippen LogP contribution in [0.4, 0.5) is 4.79 Å². The average molecular weight is 469 g/mol. The van der Waals surface area contributed by atoms with Crippen LogP contribution in [-0.2, 0) is 4.74 Å². The molecule has 0 radical (unpaired) electrons. The lowest BCUT2D eigenvalue weighted by atomic mass is 9.88. The highest BCUT2D eigenvalue weighted by molar-refractivity contribution is 6.06. The van der Waals surface area contributed by atoms with Crippen molar-refractivity contribution in [1.29, 1.82) is 0 Å². The average Bonchev–Trinajstić information content (AvgIpc) is 3.52. The Bertz CT molecular complexity index is 1090. The van der Waals surface area contributed by atoms with Crippen LogP contribution in [0.1, 0.15) is 81.4 Å². The molecular weight excluding hydrogens is 432 g/mol. The predicted molar refractivity (Wildman–Crippen MR) is 129 cm³/mol. The van der Waals surface area contributed by atoms with Crippen molar-refractivity contribution < 1.29 is 19.1 Å². The van der Waals surface area contributed by atoms with Gasteiger partial charge >= 0.3 is 6.09 Å². The first kappa shape index (κ1) is 23.0. The summed E-state index contributed by atoms with van der Waals surface area (Å²) in [6.07, 6.45) is 6.38. The molecule has 2 aliphatic carbocycles. The molecule has 1 saturated heterocycles. The molecule has 1 aromatic carbocycles. The Morgan fingerprint density at radius 1 is 1.18 bits per heavy atom. The zero-order valence-electron chi connectivity index (χ0n) is 20.6. The summed E-state index contributed by atoms with van der Waals surface area (Å²) in [5.74, 6) is 3.45. The van der Waals surface area contributed by atoms with Crippen LogP contribution in [-0.4, -0.2) is 58.7 Å². The minimum absolute atomic E-state index is 0.130. The number of fused-ring (bicyclic) bond motifs is 3. The molecule has 2 heterocycles. The van der Waals surface area contributed by atoms with Crippen molar-refractivity contribution in [3.63, 3.8) is 0 Å². The lowest BCUT2D eigenvalue weighted by Crippen LogP contribution is -2.50. The van der Waals surface area contributed by atoms with Crippen LogP contribution in [0.2, 0.25) is 0 Å². The third-order valence-electron chi connectivity index (χ3n) is 7.59. The first-order valence-electron chi connectivity index (χ1n) is 12.6. The second kappa shape index (κ2) is 8.78. The van der Waals surface area contributed by atoms with Crippen LogP contribution in [0.5, 0.6) is 5.75 Å². The molecule has 3 aliphatic rings. The van der Waals surface area contributed by atoms with Crippen LogP contribution in [0, 0.1) is 11.8 Å². The molecule has 5 rings (SSSR count). The summed E-state index contributed by atoms with van der Waals surface area (Å²) in [5.41, 5.74) is 1.44. The SMILES string of the molecule is COc1ccc(C(=O)N[C@H]2CCCN(C(=O)OC(C)(C)C)C2)c2nc(C3CC4CCC3C4)[nH]c12. The summed E-state index contributed by atoms with van der Waals surface area (Å²) >= 11 is 0. The molecule has 2 amide bonds. The molecule has 3 unspecified atom stereocenters. The van der Waals surface area contributed by atoms with Gasteiger partial charge < -0.3 is 24.7 Å². The fourth-order valence-corrected chi connectivity index (χ4v) is 6.05. The van der Waals surface area contributed by atoms with Crippen molar-refractivity contribution in [1.82, 2.24) is 20.2 Å². The quantitative estimate of drug-likeness (QED) is 0.683. The summed E-state index contributed by atoms with van der Waals surface area (Å²) in [6.45, 7) is 6.66. The molecular formula is C26H36N4O4. The van der Waals surface area contributed by atoms with Crippen LogP contribution < -0.4 is 10.1 Å². The van der Waals surface area contributed by atoms with Gasteiger partial charge in [0.25, 0.3) is 5.91 Å². The van der Waals surface area contributed by atoms with Gasteiger partial charge in [0.1, 0.15) is 28.2 Å². The van der Waals surface area contributed by atoms with E-state index in [1.54, 1.807) is 18.1 Å². The van der Waals surface area contributed by atoms with Crippen molar-refractivity contribution >= 4 is 23.0 Å². The molecule has 1 aliphatic heterocycles. The highest BCUT2D eigenvalue weighted by Gasteiger charge is 2.42. The van der Waals surface area contributed by atoms with Gasteiger partial charge in [-0.3, -0.25) is 4.79 Å². The third-order valence-corrected chi connectivity index (χ3v) is 7.59. The summed E-state index contributed by atoms with van der Waals surface area (Å²) in [5, 5.41) is 3.14. The number of methoxy groups -OCH3 is 1. The number of benzene rings is 1. The third kappa shape index (κ3) is 4.46. The number of amides is 2. The van der Waals surface area contributed by atoms with E-state index in [0.29, 0.717) is 41.8 Å². The molecule has 34 heavy (non-hydrogen) atoms. The van der Waals surface area contributed by atoms with Crippen molar-refractivity contribution in [3.05, 3.63) is 23.5 Å². The molecule has 2 bridgehead atoms. The maximum absolute atomic E-state index is 13.3. The largest absolute Gasteiger partial charge is 0.494 e. The first-order chi connectivity index (χ1) is 16.2. The Morgan fingerprint density at radius 2 is 2.00 bits per heavy atom. The Labute approximate surface area is 200 Å². The standard InChI is InChI=1S/C26H36N4O4/c1-26(2,3)34-25(32)30-11-5-6-17(14-30)27-24(31)18-9-10-20(33-4)22-21(18)28-23(29-22)19-13-15-7-8-16(19)12-15/h9-10,15-17,19H,5-8,11-14H2,1-4H3,(H,27,31)(H,28,29)/t15?,16?,17-,19?/m0/s1. The zero-order valence-corrected chi connectivity index (χ0v) is 20.6. The number of hydrogen-bond acceptors (Lipinski definition) is 5. The summed E-state index contributed by atoms with van der Waals surface area (Å²) < 4.78 is 11.1. The van der Waals surface area contributed by atoms with E-state index in [0.717, 1.165) is 30.1 Å². The Kier molecular flexibility index (Phi) is 5.94. The maximum atomic E-state index is 13.3. The van der Waals surface area contributed by atoms with E-state index in [9.17, 15) is 9.59 Å². The Hall–Kier alpha value is -2.77. The number of ether oxygens (including phenoxy) is 2. The minimum atomic E-state index is -0.543. The van der Waals surface area contributed by atoms with E-state index in [2.05, 4.69) is 10.3 Å². The highest BCUT2D eigenvalue weighted by Crippen LogP contribution is 2.52. The molecule has 0 spiro atoms. The van der Waals surface area contributed by atoms with Gasteiger partial charge in [0.15, 0.2) is 0 Å². The number of likely N-dealkylation sites (tertiary alicyclic amines) is 1. The molecule has 8 nitrogen and oxygen atoms in total. The van der Waals surface area contributed by atoms with Gasteiger partial charge in [0.2, 0.25) is 0 Å². The van der Waals surface area contributed by atoms with E-state index >= 15 is 0 Å². The summed E-state index contributed by atoms with van der Waals surface area (Å²) in [4.78, 5) is 36.0. The molecule has 3 fully saturated rings. The topological polar surface area (TPSA) is 96.6 Å². The first-order valence-corrected chi connectivity index (χ1v) is 12.6. The number of aromatic nitrogens is 2. The van der Waals surface area contributed by atoms with E-state index in [1.807, 2.05) is 26.8 Å². The van der Waals surface area contributed by atoms with Crippen LogP contribution >= 0.6 is 0 Å². The van der Waals surface area contributed by atoms with Crippen molar-refractivity contribution in [2.24, 2.45) is 11.8 Å². The smallest absolute Gasteiger partial charge is 0.410 e. The van der Waals surface area contributed by atoms with E-state index in [1.165, 1.54) is 25.7 Å². The number of aromatic amines is 1. The van der Waals surface area contributed by atoms with Crippen LogP contribution in [0.3, 0.4) is 0 Å². The summed E-state index contributed by atoms with van der Waals surface area (Å²) in [7, 11) is 1.64. The van der Waals surface area contributed by atoms with Crippen LogP contribution in [0.15, 0.2) is 12.1 Å². The molecule has 2 aromatic rings. The molecule has 2 saturated carbocycles. The number of carbonyl (C=O) groups excluding carboxylic acids is 2. The fraction of sp³-hybridized carbons (Fsp3) is 0.654. The van der Waals surface area contributed by atoms with Crippen LogP contribution in [0.25, 0.3) is 11.0 Å².